The van der Waals surface area contributed by atoms with Crippen molar-refractivity contribution < 1.29 is 15.0 Å². The summed E-state index contributed by atoms with van der Waals surface area (Å²) < 4.78 is 1.58. The van der Waals surface area contributed by atoms with Crippen molar-refractivity contribution in [2.24, 2.45) is 5.92 Å². The summed E-state index contributed by atoms with van der Waals surface area (Å²) in [6.45, 7) is 3.93. The van der Waals surface area contributed by atoms with Crippen molar-refractivity contribution in [3.8, 4) is 5.75 Å². The lowest BCUT2D eigenvalue weighted by Crippen LogP contribution is -2.74. The molecule has 6 nitrogen and oxygen atoms in total. The fourth-order valence-corrected chi connectivity index (χ4v) is 7.31. The summed E-state index contributed by atoms with van der Waals surface area (Å²) in [5.41, 5.74) is 4.07. The van der Waals surface area contributed by atoms with E-state index in [1.165, 1.54) is 18.4 Å². The van der Waals surface area contributed by atoms with Crippen LogP contribution >= 0.6 is 0 Å². The van der Waals surface area contributed by atoms with E-state index < -0.39 is 11.0 Å². The van der Waals surface area contributed by atoms with Crippen molar-refractivity contribution >= 4 is 5.91 Å². The first kappa shape index (κ1) is 21.3. The van der Waals surface area contributed by atoms with Gasteiger partial charge in [-0.3, -0.25) is 9.69 Å². The van der Waals surface area contributed by atoms with Gasteiger partial charge in [-0.1, -0.05) is 24.3 Å². The first-order valence-electron chi connectivity index (χ1n) is 12.9. The molecule has 35 heavy (non-hydrogen) atoms. The number of phenols is 1. The van der Waals surface area contributed by atoms with Crippen LogP contribution in [0.15, 0.2) is 48.5 Å². The molecule has 3 aromatic rings. The summed E-state index contributed by atoms with van der Waals surface area (Å²) in [7, 11) is 0. The lowest BCUT2D eigenvalue weighted by atomic mass is 9.49. The number of fused-ring (bicyclic) bond motifs is 2. The number of benzene rings is 2. The van der Waals surface area contributed by atoms with Gasteiger partial charge in [-0.2, -0.15) is 5.10 Å². The Balaban J connectivity index is 1.40. The van der Waals surface area contributed by atoms with E-state index >= 15 is 0 Å². The molecule has 1 aromatic heterocycles. The highest BCUT2D eigenvalue weighted by molar-refractivity contribution is 5.96. The zero-order valence-corrected chi connectivity index (χ0v) is 20.1. The van der Waals surface area contributed by atoms with Gasteiger partial charge in [-0.05, 0) is 86.0 Å². The summed E-state index contributed by atoms with van der Waals surface area (Å²) >= 11 is 0. The van der Waals surface area contributed by atoms with Crippen LogP contribution in [-0.4, -0.2) is 55.5 Å². The molecular formula is C29H31N3O3. The van der Waals surface area contributed by atoms with Gasteiger partial charge < -0.3 is 10.2 Å². The summed E-state index contributed by atoms with van der Waals surface area (Å²) in [6, 6.07) is 15.0. The number of carbonyl (C=O) groups excluding carboxylic acids is 1. The SMILES string of the molecule is Cc1nn(C(=O)c2ccccc2)c2c1C[C@@]1(O)[C@H]3Cc4ccc(O)cc4[C@@]1(CCN3CC1CC1)C2. The molecule has 1 aliphatic heterocycles. The van der Waals surface area contributed by atoms with Gasteiger partial charge in [0, 0.05) is 36.4 Å². The quantitative estimate of drug-likeness (QED) is 0.615. The van der Waals surface area contributed by atoms with E-state index in [-0.39, 0.29) is 17.7 Å². The second-order valence-corrected chi connectivity index (χ2v) is 11.2. The van der Waals surface area contributed by atoms with Gasteiger partial charge in [0.25, 0.3) is 5.91 Å². The third-order valence-corrected chi connectivity index (χ3v) is 9.28. The zero-order valence-electron chi connectivity index (χ0n) is 20.1. The van der Waals surface area contributed by atoms with Gasteiger partial charge >= 0.3 is 0 Å². The predicted molar refractivity (Wildman–Crippen MR) is 132 cm³/mol. The van der Waals surface area contributed by atoms with Crippen LogP contribution in [-0.2, 0) is 24.7 Å². The van der Waals surface area contributed by atoms with Gasteiger partial charge in [0.2, 0.25) is 0 Å². The standard InChI is InChI=1S/C29H31N3O3/c1-18-23-15-29(35)26-13-21-9-10-22(33)14-24(21)28(29,11-12-31(26)17-19-7-8-19)16-25(23)32(30-18)27(34)20-5-3-2-4-6-20/h2-6,9-10,14,19,26,33,35H,7-8,11-13,15-17H2,1H3/t26-,28-,29-/m1/s1. The molecule has 0 unspecified atom stereocenters. The monoisotopic (exact) mass is 469 g/mol. The lowest BCUT2D eigenvalue weighted by Gasteiger charge is -2.63. The molecular weight excluding hydrogens is 438 g/mol. The molecule has 4 aliphatic rings. The predicted octanol–water partition coefficient (Wildman–Crippen LogP) is 3.39. The smallest absolute Gasteiger partial charge is 0.278 e. The largest absolute Gasteiger partial charge is 0.508 e. The molecule has 2 N–H and O–H groups in total. The molecule has 180 valence electrons. The first-order chi connectivity index (χ1) is 16.9. The normalized spacial score (nSPS) is 29.3. The van der Waals surface area contributed by atoms with E-state index in [2.05, 4.69) is 4.90 Å². The Hall–Kier alpha value is -2.96. The number of piperidine rings is 1. The van der Waals surface area contributed by atoms with Crippen molar-refractivity contribution in [2.45, 2.75) is 62.5 Å². The number of hydrogen-bond acceptors (Lipinski definition) is 5. The number of hydrogen-bond donors (Lipinski definition) is 2. The number of aromatic nitrogens is 2. The van der Waals surface area contributed by atoms with Crippen LogP contribution < -0.4 is 0 Å². The summed E-state index contributed by atoms with van der Waals surface area (Å²) in [5, 5.41) is 27.9. The second-order valence-electron chi connectivity index (χ2n) is 11.2. The fourth-order valence-electron chi connectivity index (χ4n) is 7.31. The first-order valence-corrected chi connectivity index (χ1v) is 12.9. The van der Waals surface area contributed by atoms with Crippen LogP contribution in [0.25, 0.3) is 0 Å². The highest BCUT2D eigenvalue weighted by Gasteiger charge is 2.65. The number of likely N-dealkylation sites (tertiary alicyclic amines) is 1. The number of rotatable bonds is 3. The molecule has 2 heterocycles. The van der Waals surface area contributed by atoms with E-state index in [0.29, 0.717) is 18.4 Å². The van der Waals surface area contributed by atoms with Gasteiger partial charge in [0.15, 0.2) is 0 Å². The number of nitrogens with zero attached hydrogens (tertiary/aromatic N) is 3. The van der Waals surface area contributed by atoms with E-state index in [4.69, 9.17) is 5.10 Å². The number of aryl methyl sites for hydroxylation is 1. The van der Waals surface area contributed by atoms with Gasteiger partial charge in [-0.25, -0.2) is 4.68 Å². The maximum absolute atomic E-state index is 13.5. The molecule has 7 rings (SSSR count). The summed E-state index contributed by atoms with van der Waals surface area (Å²) in [6.07, 6.45) is 5.18. The number of phenolic OH excluding ortho intramolecular Hbond substituents is 1. The number of carbonyl (C=O) groups is 1. The third kappa shape index (κ3) is 2.96. The van der Waals surface area contributed by atoms with Crippen molar-refractivity contribution in [3.05, 3.63) is 82.2 Å². The lowest BCUT2D eigenvalue weighted by molar-refractivity contribution is -0.152. The van der Waals surface area contributed by atoms with Gasteiger partial charge in [0.05, 0.1) is 17.0 Å². The minimum absolute atomic E-state index is 0.0228. The van der Waals surface area contributed by atoms with Crippen LogP contribution in [0.5, 0.6) is 5.75 Å². The minimum Gasteiger partial charge on any atom is -0.508 e. The summed E-state index contributed by atoms with van der Waals surface area (Å²) in [4.78, 5) is 16.0. The van der Waals surface area contributed by atoms with Gasteiger partial charge in [0.1, 0.15) is 5.75 Å². The van der Waals surface area contributed by atoms with Crippen molar-refractivity contribution in [1.29, 1.82) is 0 Å². The highest BCUT2D eigenvalue weighted by Crippen LogP contribution is 2.58. The van der Waals surface area contributed by atoms with E-state index in [9.17, 15) is 15.0 Å². The Morgan fingerprint density at radius 1 is 1.14 bits per heavy atom. The van der Waals surface area contributed by atoms with Crippen LogP contribution in [0.3, 0.4) is 0 Å². The molecule has 3 atom stereocenters. The Kier molecular flexibility index (Phi) is 4.44. The molecule has 0 amide bonds. The van der Waals surface area contributed by atoms with Gasteiger partial charge in [-0.15, -0.1) is 0 Å². The summed E-state index contributed by atoms with van der Waals surface area (Å²) in [5.74, 6) is 0.848. The molecule has 1 saturated carbocycles. The molecule has 2 bridgehead atoms. The Morgan fingerprint density at radius 2 is 1.94 bits per heavy atom. The molecule has 2 aromatic carbocycles. The van der Waals surface area contributed by atoms with Crippen molar-refractivity contribution in [2.75, 3.05) is 13.1 Å². The van der Waals surface area contributed by atoms with E-state index in [1.54, 1.807) is 10.7 Å². The molecule has 0 spiro atoms. The molecule has 0 radical (unpaired) electrons. The Bertz CT molecular complexity index is 1340. The third-order valence-electron chi connectivity index (χ3n) is 9.28. The molecule has 3 aliphatic carbocycles. The minimum atomic E-state index is -0.970. The second kappa shape index (κ2) is 7.28. The van der Waals surface area contributed by atoms with Crippen molar-refractivity contribution in [1.82, 2.24) is 14.7 Å². The van der Waals surface area contributed by atoms with Crippen LogP contribution in [0.1, 0.15) is 57.7 Å². The molecule has 6 heteroatoms. The molecule has 1 saturated heterocycles. The van der Waals surface area contributed by atoms with Crippen LogP contribution in [0, 0.1) is 12.8 Å². The van der Waals surface area contributed by atoms with Crippen LogP contribution in [0.2, 0.25) is 0 Å². The average Bonchev–Trinajstić information content (AvgIpc) is 3.62. The van der Waals surface area contributed by atoms with Crippen LogP contribution in [0.4, 0.5) is 0 Å². The van der Waals surface area contributed by atoms with Crippen molar-refractivity contribution in [3.63, 3.8) is 0 Å². The Morgan fingerprint density at radius 3 is 2.71 bits per heavy atom. The number of aliphatic hydroxyl groups is 1. The highest BCUT2D eigenvalue weighted by atomic mass is 16.3. The molecule has 2 fully saturated rings. The Labute approximate surface area is 205 Å². The van der Waals surface area contributed by atoms with E-state index in [1.807, 2.05) is 49.4 Å². The van der Waals surface area contributed by atoms with E-state index in [0.717, 1.165) is 54.4 Å². The zero-order chi connectivity index (χ0) is 23.9. The fraction of sp³-hybridized carbons (Fsp3) is 0.448. The maximum Gasteiger partial charge on any atom is 0.278 e. The average molecular weight is 470 g/mol. The number of aromatic hydroxyl groups is 1. The maximum atomic E-state index is 13.5. The topological polar surface area (TPSA) is 78.6 Å².